The van der Waals surface area contributed by atoms with Crippen molar-refractivity contribution in [2.75, 3.05) is 7.11 Å². The molecule has 1 atom stereocenters. The molecule has 0 heterocycles. The Hall–Kier alpha value is -2.01. The van der Waals surface area contributed by atoms with E-state index in [1.165, 1.54) is 26.2 Å². The van der Waals surface area contributed by atoms with Gasteiger partial charge in [-0.05, 0) is 24.1 Å². The van der Waals surface area contributed by atoms with Crippen molar-refractivity contribution < 1.29 is 23.0 Å². The fraction of sp³-hybridized carbons (Fsp3) is 0.200. The van der Waals surface area contributed by atoms with Gasteiger partial charge in [-0.3, -0.25) is 0 Å². The van der Waals surface area contributed by atoms with Gasteiger partial charge in [0.1, 0.15) is 29.3 Å². The molecule has 0 radical (unpaired) electrons. The van der Waals surface area contributed by atoms with E-state index in [1.54, 1.807) is 0 Å². The monoisotopic (exact) mass is 282 g/mol. The molecule has 5 heteroatoms. The summed E-state index contributed by atoms with van der Waals surface area (Å²) >= 11 is 0. The lowest BCUT2D eigenvalue weighted by Gasteiger charge is -2.15. The molecule has 0 aromatic heterocycles. The Balaban J connectivity index is 2.47. The summed E-state index contributed by atoms with van der Waals surface area (Å²) in [4.78, 5) is 0. The Morgan fingerprint density at radius 2 is 1.60 bits per heavy atom. The molecule has 2 rings (SSSR count). The third-order valence-corrected chi connectivity index (χ3v) is 3.06. The minimum atomic E-state index is -1.51. The second-order valence-electron chi connectivity index (χ2n) is 4.42. The SMILES string of the molecule is COc1cc(F)c(C(O)c2ccc(F)c(C)c2)c(F)c1. The van der Waals surface area contributed by atoms with Crippen molar-refractivity contribution in [2.24, 2.45) is 0 Å². The summed E-state index contributed by atoms with van der Waals surface area (Å²) in [5.41, 5.74) is 0.0135. The van der Waals surface area contributed by atoms with Crippen LogP contribution in [0.5, 0.6) is 5.75 Å². The first-order valence-corrected chi connectivity index (χ1v) is 5.91. The number of methoxy groups -OCH3 is 1. The highest BCUT2D eigenvalue weighted by Crippen LogP contribution is 2.30. The first-order chi connectivity index (χ1) is 9.43. The van der Waals surface area contributed by atoms with E-state index in [0.29, 0.717) is 0 Å². The maximum absolute atomic E-state index is 13.9. The van der Waals surface area contributed by atoms with E-state index in [1.807, 2.05) is 0 Å². The summed E-state index contributed by atoms with van der Waals surface area (Å²) in [6.45, 7) is 1.51. The molecule has 2 aromatic rings. The standard InChI is InChI=1S/C15H13F3O2/c1-8-5-9(3-4-11(8)16)15(19)14-12(17)6-10(20-2)7-13(14)18/h3-7,15,19H,1-2H3. The molecule has 2 nitrogen and oxygen atoms in total. The predicted octanol–water partition coefficient (Wildman–Crippen LogP) is 3.50. The largest absolute Gasteiger partial charge is 0.497 e. The number of hydrogen-bond donors (Lipinski definition) is 1. The van der Waals surface area contributed by atoms with Gasteiger partial charge in [0.15, 0.2) is 0 Å². The molecule has 0 amide bonds. The number of aliphatic hydroxyl groups excluding tert-OH is 1. The Kier molecular flexibility index (Phi) is 3.99. The summed E-state index contributed by atoms with van der Waals surface area (Å²) in [5.74, 6) is -2.27. The third kappa shape index (κ3) is 2.63. The minimum Gasteiger partial charge on any atom is -0.497 e. The topological polar surface area (TPSA) is 29.5 Å². The maximum atomic E-state index is 13.9. The second-order valence-corrected chi connectivity index (χ2v) is 4.42. The minimum absolute atomic E-state index is 0.0197. The average Bonchev–Trinajstić information content (AvgIpc) is 2.40. The summed E-state index contributed by atoms with van der Waals surface area (Å²) in [5, 5.41) is 10.1. The average molecular weight is 282 g/mol. The molecule has 1 unspecified atom stereocenters. The zero-order valence-corrected chi connectivity index (χ0v) is 11.0. The second kappa shape index (κ2) is 5.54. The van der Waals surface area contributed by atoms with Crippen molar-refractivity contribution >= 4 is 0 Å². The third-order valence-electron chi connectivity index (χ3n) is 3.06. The Morgan fingerprint density at radius 1 is 1.00 bits per heavy atom. The van der Waals surface area contributed by atoms with Gasteiger partial charge in [0.05, 0.1) is 12.7 Å². The first-order valence-electron chi connectivity index (χ1n) is 5.91. The van der Waals surface area contributed by atoms with E-state index in [0.717, 1.165) is 18.2 Å². The van der Waals surface area contributed by atoms with Gasteiger partial charge in [0, 0.05) is 12.1 Å². The normalized spacial score (nSPS) is 12.3. The lowest BCUT2D eigenvalue weighted by molar-refractivity contribution is 0.208. The lowest BCUT2D eigenvalue weighted by atomic mass is 9.98. The molecular formula is C15H13F3O2. The van der Waals surface area contributed by atoms with Crippen molar-refractivity contribution in [3.63, 3.8) is 0 Å². The number of rotatable bonds is 3. The van der Waals surface area contributed by atoms with Crippen LogP contribution in [0.3, 0.4) is 0 Å². The lowest BCUT2D eigenvalue weighted by Crippen LogP contribution is -2.07. The number of aryl methyl sites for hydroxylation is 1. The van der Waals surface area contributed by atoms with Gasteiger partial charge in [-0.1, -0.05) is 12.1 Å². The molecule has 0 aliphatic carbocycles. The summed E-state index contributed by atoms with van der Waals surface area (Å²) in [6.07, 6.45) is -1.51. The molecule has 0 saturated heterocycles. The van der Waals surface area contributed by atoms with Crippen molar-refractivity contribution in [2.45, 2.75) is 13.0 Å². The highest BCUT2D eigenvalue weighted by molar-refractivity contribution is 5.37. The smallest absolute Gasteiger partial charge is 0.135 e. The molecule has 1 N–H and O–H groups in total. The molecule has 2 aromatic carbocycles. The predicted molar refractivity (Wildman–Crippen MR) is 68.1 cm³/mol. The Morgan fingerprint density at radius 3 is 2.10 bits per heavy atom. The molecule has 20 heavy (non-hydrogen) atoms. The highest BCUT2D eigenvalue weighted by atomic mass is 19.1. The number of ether oxygens (including phenoxy) is 1. The highest BCUT2D eigenvalue weighted by Gasteiger charge is 2.21. The summed E-state index contributed by atoms with van der Waals surface area (Å²) < 4.78 is 45.6. The molecule has 0 fully saturated rings. The van der Waals surface area contributed by atoms with Crippen LogP contribution >= 0.6 is 0 Å². The zero-order valence-electron chi connectivity index (χ0n) is 11.0. The van der Waals surface area contributed by atoms with Gasteiger partial charge < -0.3 is 9.84 Å². The van der Waals surface area contributed by atoms with Crippen LogP contribution < -0.4 is 4.74 Å². The van der Waals surface area contributed by atoms with Crippen LogP contribution in [-0.2, 0) is 0 Å². The quantitative estimate of drug-likeness (QED) is 0.933. The van der Waals surface area contributed by atoms with Gasteiger partial charge in [0.25, 0.3) is 0 Å². The fourth-order valence-electron chi connectivity index (χ4n) is 1.94. The molecule has 0 aliphatic rings. The van der Waals surface area contributed by atoms with Crippen LogP contribution in [0.2, 0.25) is 0 Å². The van der Waals surface area contributed by atoms with E-state index in [4.69, 9.17) is 4.74 Å². The number of aliphatic hydroxyl groups is 1. The van der Waals surface area contributed by atoms with Crippen LogP contribution in [0.1, 0.15) is 22.8 Å². The molecule has 0 bridgehead atoms. The van der Waals surface area contributed by atoms with E-state index < -0.39 is 29.1 Å². The van der Waals surface area contributed by atoms with Crippen molar-refractivity contribution in [3.05, 3.63) is 64.5 Å². The van der Waals surface area contributed by atoms with E-state index >= 15 is 0 Å². The molecule has 106 valence electrons. The summed E-state index contributed by atoms with van der Waals surface area (Å²) in [6, 6.07) is 5.75. The number of benzene rings is 2. The van der Waals surface area contributed by atoms with Gasteiger partial charge in [-0.25, -0.2) is 13.2 Å². The molecule has 0 aliphatic heterocycles. The van der Waals surface area contributed by atoms with Crippen molar-refractivity contribution in [1.29, 1.82) is 0 Å². The number of hydrogen-bond acceptors (Lipinski definition) is 2. The van der Waals surface area contributed by atoms with Gasteiger partial charge >= 0.3 is 0 Å². The Labute approximate surface area is 114 Å². The van der Waals surface area contributed by atoms with Gasteiger partial charge in [0.2, 0.25) is 0 Å². The van der Waals surface area contributed by atoms with E-state index in [9.17, 15) is 18.3 Å². The number of halogens is 3. The van der Waals surface area contributed by atoms with Crippen molar-refractivity contribution in [3.8, 4) is 5.75 Å². The van der Waals surface area contributed by atoms with Crippen LogP contribution in [0, 0.1) is 24.4 Å². The van der Waals surface area contributed by atoms with E-state index in [2.05, 4.69) is 0 Å². The van der Waals surface area contributed by atoms with Crippen LogP contribution in [0.15, 0.2) is 30.3 Å². The summed E-state index contributed by atoms with van der Waals surface area (Å²) in [7, 11) is 1.29. The van der Waals surface area contributed by atoms with Crippen LogP contribution in [-0.4, -0.2) is 12.2 Å². The van der Waals surface area contributed by atoms with E-state index in [-0.39, 0.29) is 16.9 Å². The van der Waals surface area contributed by atoms with Crippen LogP contribution in [0.25, 0.3) is 0 Å². The molecule has 0 saturated carbocycles. The van der Waals surface area contributed by atoms with Crippen molar-refractivity contribution in [1.82, 2.24) is 0 Å². The Bertz CT molecular complexity index is 618. The molecular weight excluding hydrogens is 269 g/mol. The van der Waals surface area contributed by atoms with Crippen LogP contribution in [0.4, 0.5) is 13.2 Å². The fourth-order valence-corrected chi connectivity index (χ4v) is 1.94. The maximum Gasteiger partial charge on any atom is 0.135 e. The molecule has 0 spiro atoms. The zero-order chi connectivity index (χ0) is 14.9. The van der Waals surface area contributed by atoms with Gasteiger partial charge in [-0.2, -0.15) is 0 Å². The van der Waals surface area contributed by atoms with Gasteiger partial charge in [-0.15, -0.1) is 0 Å². The first kappa shape index (κ1) is 14.4.